The van der Waals surface area contributed by atoms with E-state index in [1.165, 1.54) is 25.7 Å². The van der Waals surface area contributed by atoms with Crippen molar-refractivity contribution >= 4 is 5.97 Å². The van der Waals surface area contributed by atoms with Gasteiger partial charge in [-0.25, -0.2) is 4.79 Å². The first-order valence-electron chi connectivity index (χ1n) is 12.1. The molecule has 0 aliphatic heterocycles. The van der Waals surface area contributed by atoms with Crippen LogP contribution in [0.3, 0.4) is 0 Å². The van der Waals surface area contributed by atoms with Crippen LogP contribution in [0.4, 0.5) is 0 Å². The van der Waals surface area contributed by atoms with Crippen LogP contribution in [0.5, 0.6) is 0 Å². The molecular formula is C24H46O9. The van der Waals surface area contributed by atoms with E-state index in [0.717, 1.165) is 19.1 Å². The molecule has 9 nitrogen and oxygen atoms in total. The van der Waals surface area contributed by atoms with Crippen molar-refractivity contribution in [1.29, 1.82) is 0 Å². The summed E-state index contributed by atoms with van der Waals surface area (Å²) in [5, 5.41) is 0. The molecular weight excluding hydrogens is 432 g/mol. The number of hydrogen-bond acceptors (Lipinski definition) is 9. The van der Waals surface area contributed by atoms with E-state index in [2.05, 4.69) is 13.5 Å². The zero-order valence-electron chi connectivity index (χ0n) is 20.6. The van der Waals surface area contributed by atoms with Crippen molar-refractivity contribution in [3.63, 3.8) is 0 Å². The zero-order chi connectivity index (χ0) is 24.1. The first-order valence-corrected chi connectivity index (χ1v) is 12.1. The fraction of sp³-hybridized carbons (Fsp3) is 0.875. The van der Waals surface area contributed by atoms with Crippen LogP contribution in [-0.2, 0) is 42.7 Å². The lowest BCUT2D eigenvalue weighted by Gasteiger charge is -2.08. The van der Waals surface area contributed by atoms with Crippen LogP contribution in [0.15, 0.2) is 12.7 Å². The van der Waals surface area contributed by atoms with Gasteiger partial charge in [-0.3, -0.25) is 0 Å². The highest BCUT2D eigenvalue weighted by atomic mass is 16.6. The molecule has 0 fully saturated rings. The zero-order valence-corrected chi connectivity index (χ0v) is 20.6. The first-order chi connectivity index (χ1) is 16.3. The van der Waals surface area contributed by atoms with Crippen LogP contribution in [0.25, 0.3) is 0 Å². The van der Waals surface area contributed by atoms with Crippen molar-refractivity contribution in [3.8, 4) is 0 Å². The lowest BCUT2D eigenvalue weighted by atomic mass is 10.2. The van der Waals surface area contributed by atoms with Crippen LogP contribution in [-0.4, -0.2) is 105 Å². The number of carbonyl (C=O) groups is 1. The Morgan fingerprint density at radius 3 is 1.21 bits per heavy atom. The molecule has 0 aliphatic rings. The Labute approximate surface area is 200 Å². The third-order valence-electron chi connectivity index (χ3n) is 4.26. The molecule has 0 aromatic rings. The molecule has 0 atom stereocenters. The van der Waals surface area contributed by atoms with Crippen LogP contribution in [0, 0.1) is 0 Å². The molecule has 0 spiro atoms. The third-order valence-corrected chi connectivity index (χ3v) is 4.26. The lowest BCUT2D eigenvalue weighted by molar-refractivity contribution is -0.139. The Balaban J connectivity index is 3.02. The molecule has 196 valence electrons. The maximum Gasteiger partial charge on any atom is 0.330 e. The molecule has 0 radical (unpaired) electrons. The predicted octanol–water partition coefficient (Wildman–Crippen LogP) is 2.80. The Kier molecular flexibility index (Phi) is 28.0. The average Bonchev–Trinajstić information content (AvgIpc) is 2.83. The minimum Gasteiger partial charge on any atom is -0.460 e. The summed E-state index contributed by atoms with van der Waals surface area (Å²) in [7, 11) is 0. The summed E-state index contributed by atoms with van der Waals surface area (Å²) in [5.41, 5.74) is 0. The fourth-order valence-electron chi connectivity index (χ4n) is 2.49. The number of carbonyl (C=O) groups excluding carboxylic acids is 1. The smallest absolute Gasteiger partial charge is 0.330 e. The monoisotopic (exact) mass is 478 g/mol. The topological polar surface area (TPSA) is 90.9 Å². The molecule has 0 heterocycles. The molecule has 0 unspecified atom stereocenters. The maximum absolute atomic E-state index is 10.8. The average molecular weight is 479 g/mol. The normalized spacial score (nSPS) is 11.1. The van der Waals surface area contributed by atoms with Crippen molar-refractivity contribution in [1.82, 2.24) is 0 Å². The van der Waals surface area contributed by atoms with E-state index in [1.807, 2.05) is 0 Å². The van der Waals surface area contributed by atoms with Crippen molar-refractivity contribution in [2.45, 2.75) is 39.0 Å². The SMILES string of the molecule is C=CC(=O)OCCOCCOCCOCCOCCOCCOCCOCCCCCCC. The molecule has 0 saturated carbocycles. The van der Waals surface area contributed by atoms with Gasteiger partial charge in [0.2, 0.25) is 0 Å². The van der Waals surface area contributed by atoms with E-state index in [4.69, 9.17) is 37.9 Å². The molecule has 0 N–H and O–H groups in total. The van der Waals surface area contributed by atoms with E-state index < -0.39 is 5.97 Å². The summed E-state index contributed by atoms with van der Waals surface area (Å²) in [6.45, 7) is 13.2. The molecule has 0 bridgehead atoms. The van der Waals surface area contributed by atoms with Crippen molar-refractivity contribution in [2.24, 2.45) is 0 Å². The van der Waals surface area contributed by atoms with Gasteiger partial charge in [-0.2, -0.15) is 0 Å². The third kappa shape index (κ3) is 28.9. The number of esters is 1. The van der Waals surface area contributed by atoms with E-state index in [1.54, 1.807) is 0 Å². The summed E-state index contributed by atoms with van der Waals surface area (Å²) in [6, 6.07) is 0. The van der Waals surface area contributed by atoms with E-state index in [-0.39, 0.29) is 6.61 Å². The summed E-state index contributed by atoms with van der Waals surface area (Å²) in [5.74, 6) is -0.450. The van der Waals surface area contributed by atoms with Gasteiger partial charge in [-0.05, 0) is 6.42 Å². The molecule has 0 amide bonds. The predicted molar refractivity (Wildman–Crippen MR) is 126 cm³/mol. The molecule has 33 heavy (non-hydrogen) atoms. The van der Waals surface area contributed by atoms with E-state index >= 15 is 0 Å². The summed E-state index contributed by atoms with van der Waals surface area (Å²) >= 11 is 0. The summed E-state index contributed by atoms with van der Waals surface area (Å²) in [6.07, 6.45) is 7.39. The van der Waals surface area contributed by atoms with Crippen molar-refractivity contribution in [2.75, 3.05) is 99.1 Å². The quantitative estimate of drug-likeness (QED) is 0.0956. The van der Waals surface area contributed by atoms with Crippen molar-refractivity contribution < 1.29 is 42.7 Å². The van der Waals surface area contributed by atoms with Crippen LogP contribution < -0.4 is 0 Å². The van der Waals surface area contributed by atoms with Crippen molar-refractivity contribution in [3.05, 3.63) is 12.7 Å². The largest absolute Gasteiger partial charge is 0.460 e. The standard InChI is InChI=1S/C24H46O9/c1-3-5-6-7-8-9-26-10-11-27-12-13-28-14-15-29-16-17-30-18-19-31-20-21-32-22-23-33-24(25)4-2/h4H,2-3,5-23H2,1H3. The molecule has 0 rings (SSSR count). The molecule has 0 aromatic carbocycles. The summed E-state index contributed by atoms with van der Waals surface area (Å²) in [4.78, 5) is 10.8. The Hall–Kier alpha value is -1.07. The Morgan fingerprint density at radius 1 is 0.515 bits per heavy atom. The van der Waals surface area contributed by atoms with E-state index in [9.17, 15) is 4.79 Å². The maximum atomic E-state index is 10.8. The van der Waals surface area contributed by atoms with Gasteiger partial charge >= 0.3 is 5.97 Å². The highest BCUT2D eigenvalue weighted by molar-refractivity contribution is 5.81. The first kappa shape index (κ1) is 31.9. The second-order valence-corrected chi connectivity index (χ2v) is 7.07. The van der Waals surface area contributed by atoms with Crippen LogP contribution in [0.2, 0.25) is 0 Å². The molecule has 0 saturated heterocycles. The Morgan fingerprint density at radius 2 is 0.848 bits per heavy atom. The van der Waals surface area contributed by atoms with Gasteiger partial charge < -0.3 is 37.9 Å². The molecule has 9 heteroatoms. The minimum absolute atomic E-state index is 0.210. The van der Waals surface area contributed by atoms with Crippen LogP contribution >= 0.6 is 0 Å². The fourth-order valence-corrected chi connectivity index (χ4v) is 2.49. The molecule has 0 aliphatic carbocycles. The minimum atomic E-state index is -0.450. The number of hydrogen-bond donors (Lipinski definition) is 0. The highest BCUT2D eigenvalue weighted by Crippen LogP contribution is 2.02. The van der Waals surface area contributed by atoms with Gasteiger partial charge in [0.1, 0.15) is 6.61 Å². The summed E-state index contributed by atoms with van der Waals surface area (Å²) < 4.78 is 42.7. The second-order valence-electron chi connectivity index (χ2n) is 7.07. The number of ether oxygens (including phenoxy) is 8. The van der Waals surface area contributed by atoms with Gasteiger partial charge in [-0.1, -0.05) is 39.2 Å². The van der Waals surface area contributed by atoms with Gasteiger partial charge in [0.25, 0.3) is 0 Å². The van der Waals surface area contributed by atoms with Gasteiger partial charge in [-0.15, -0.1) is 0 Å². The molecule has 0 aromatic heterocycles. The van der Waals surface area contributed by atoms with Crippen LogP contribution in [0.1, 0.15) is 39.0 Å². The van der Waals surface area contributed by atoms with Gasteiger partial charge in [0, 0.05) is 12.7 Å². The lowest BCUT2D eigenvalue weighted by Crippen LogP contribution is -2.15. The van der Waals surface area contributed by atoms with E-state index in [0.29, 0.717) is 85.9 Å². The second kappa shape index (κ2) is 29.0. The highest BCUT2D eigenvalue weighted by Gasteiger charge is 1.96. The number of rotatable bonds is 28. The van der Waals surface area contributed by atoms with Gasteiger partial charge in [0.05, 0.1) is 85.9 Å². The van der Waals surface area contributed by atoms with Gasteiger partial charge in [0.15, 0.2) is 0 Å². The number of unbranched alkanes of at least 4 members (excludes halogenated alkanes) is 4. The Bertz CT molecular complexity index is 407.